The lowest BCUT2D eigenvalue weighted by Gasteiger charge is -2.18. The molecular weight excluding hydrogens is 396 g/mol. The number of rotatable bonds is 5. The van der Waals surface area contributed by atoms with Gasteiger partial charge in [-0.1, -0.05) is 12.1 Å². The average Bonchev–Trinajstić information content (AvgIpc) is 2.99. The molecule has 1 aliphatic rings. The van der Waals surface area contributed by atoms with Gasteiger partial charge in [0.05, 0.1) is 4.92 Å². The van der Waals surface area contributed by atoms with Gasteiger partial charge in [-0.15, -0.1) is 0 Å². The fraction of sp³-hybridized carbons (Fsp3) is 0.263. The highest BCUT2D eigenvalue weighted by Gasteiger charge is 2.32. The Morgan fingerprint density at radius 1 is 1.24 bits per heavy atom. The van der Waals surface area contributed by atoms with Gasteiger partial charge in [-0.3, -0.25) is 25.8 Å². The maximum Gasteiger partial charge on any atom is 0.276 e. The SMILES string of the molecule is CC1(C)Cc2cccc(OCC(=O)NNC(=S)Nc3ccc([N+](=O)[O-])cc3)c2O1. The van der Waals surface area contributed by atoms with Crippen LogP contribution >= 0.6 is 12.2 Å². The van der Waals surface area contributed by atoms with Gasteiger partial charge in [0, 0.05) is 29.8 Å². The summed E-state index contributed by atoms with van der Waals surface area (Å²) in [7, 11) is 0. The lowest BCUT2D eigenvalue weighted by Crippen LogP contribution is -2.45. The van der Waals surface area contributed by atoms with Crippen molar-refractivity contribution in [2.45, 2.75) is 25.9 Å². The number of thiocarbonyl (C=S) groups is 1. The highest BCUT2D eigenvalue weighted by molar-refractivity contribution is 7.80. The first-order valence-corrected chi connectivity index (χ1v) is 9.18. The number of nitro groups is 1. The van der Waals surface area contributed by atoms with Gasteiger partial charge in [-0.2, -0.15) is 0 Å². The van der Waals surface area contributed by atoms with E-state index in [4.69, 9.17) is 21.7 Å². The Kier molecular flexibility index (Phi) is 5.83. The van der Waals surface area contributed by atoms with Crippen molar-refractivity contribution in [2.24, 2.45) is 0 Å². The molecule has 3 N–H and O–H groups in total. The molecule has 0 fully saturated rings. The summed E-state index contributed by atoms with van der Waals surface area (Å²) in [6, 6.07) is 11.3. The third-order valence-corrected chi connectivity index (χ3v) is 4.27. The van der Waals surface area contributed by atoms with Crippen molar-refractivity contribution in [3.63, 3.8) is 0 Å². The number of nitrogens with one attached hydrogen (secondary N) is 3. The molecule has 0 saturated carbocycles. The number of hydrogen-bond acceptors (Lipinski definition) is 6. The second kappa shape index (κ2) is 8.31. The Balaban J connectivity index is 1.45. The second-order valence-electron chi connectivity index (χ2n) is 7.00. The molecule has 0 aliphatic carbocycles. The van der Waals surface area contributed by atoms with E-state index in [-0.39, 0.29) is 23.0 Å². The first-order valence-electron chi connectivity index (χ1n) is 8.77. The predicted molar refractivity (Wildman–Crippen MR) is 111 cm³/mol. The van der Waals surface area contributed by atoms with Crippen LogP contribution in [0.2, 0.25) is 0 Å². The first kappa shape index (κ1) is 20.3. The van der Waals surface area contributed by atoms with Gasteiger partial charge in [0.25, 0.3) is 11.6 Å². The monoisotopic (exact) mass is 416 g/mol. The standard InChI is InChI=1S/C19H20N4O5S/c1-19(2)10-12-4-3-5-15(17(12)28-19)27-11-16(24)21-22-18(29)20-13-6-8-14(9-7-13)23(25)26/h3-9H,10-11H2,1-2H3,(H,21,24)(H2,20,22,29). The number of amides is 1. The van der Waals surface area contributed by atoms with Crippen LogP contribution in [0.4, 0.5) is 11.4 Å². The Bertz CT molecular complexity index is 946. The third kappa shape index (κ3) is 5.32. The van der Waals surface area contributed by atoms with E-state index in [1.54, 1.807) is 6.07 Å². The van der Waals surface area contributed by atoms with Crippen molar-refractivity contribution >= 4 is 34.6 Å². The van der Waals surface area contributed by atoms with Gasteiger partial charge < -0.3 is 14.8 Å². The number of nitro benzene ring substituents is 1. The molecule has 1 heterocycles. The molecule has 0 bridgehead atoms. The number of nitrogens with zero attached hydrogens (tertiary/aromatic N) is 1. The van der Waals surface area contributed by atoms with Crippen molar-refractivity contribution < 1.29 is 19.2 Å². The molecule has 1 aliphatic heterocycles. The Labute approximate surface area is 172 Å². The summed E-state index contributed by atoms with van der Waals surface area (Å²) in [5.41, 5.74) is 6.21. The van der Waals surface area contributed by atoms with E-state index in [0.717, 1.165) is 12.0 Å². The van der Waals surface area contributed by atoms with E-state index in [1.807, 2.05) is 26.0 Å². The van der Waals surface area contributed by atoms with Crippen molar-refractivity contribution in [2.75, 3.05) is 11.9 Å². The maximum absolute atomic E-state index is 12.0. The molecule has 0 spiro atoms. The van der Waals surface area contributed by atoms with E-state index < -0.39 is 10.8 Å². The summed E-state index contributed by atoms with van der Waals surface area (Å²) in [6.45, 7) is 3.76. The van der Waals surface area contributed by atoms with Crippen molar-refractivity contribution in [3.8, 4) is 11.5 Å². The summed E-state index contributed by atoms with van der Waals surface area (Å²) in [6.07, 6.45) is 0.774. The average molecular weight is 416 g/mol. The van der Waals surface area contributed by atoms with Crippen LogP contribution in [-0.2, 0) is 11.2 Å². The number of ether oxygens (including phenoxy) is 2. The van der Waals surface area contributed by atoms with E-state index in [9.17, 15) is 14.9 Å². The number of carbonyl (C=O) groups excluding carboxylic acids is 1. The normalized spacial score (nSPS) is 13.6. The Hall–Kier alpha value is -3.40. The van der Waals surface area contributed by atoms with Crippen LogP contribution in [0.3, 0.4) is 0 Å². The molecule has 0 radical (unpaired) electrons. The number of para-hydroxylation sites is 1. The quantitative estimate of drug-likeness (QED) is 0.387. The topological polar surface area (TPSA) is 115 Å². The van der Waals surface area contributed by atoms with Crippen LogP contribution in [-0.4, -0.2) is 28.2 Å². The minimum absolute atomic E-state index is 0.0281. The van der Waals surface area contributed by atoms with Crippen LogP contribution in [0, 0.1) is 10.1 Å². The Morgan fingerprint density at radius 2 is 1.97 bits per heavy atom. The van der Waals surface area contributed by atoms with E-state index in [2.05, 4.69) is 16.2 Å². The molecule has 9 nitrogen and oxygen atoms in total. The van der Waals surface area contributed by atoms with Gasteiger partial charge >= 0.3 is 0 Å². The molecule has 0 unspecified atom stereocenters. The zero-order valence-corrected chi connectivity index (χ0v) is 16.7. The summed E-state index contributed by atoms with van der Waals surface area (Å²) in [5, 5.41) is 13.6. The van der Waals surface area contributed by atoms with Crippen molar-refractivity contribution in [1.82, 2.24) is 10.9 Å². The van der Waals surface area contributed by atoms with Gasteiger partial charge in [0.1, 0.15) is 5.60 Å². The number of hydrazine groups is 1. The van der Waals surface area contributed by atoms with Crippen LogP contribution in [0.5, 0.6) is 11.5 Å². The lowest BCUT2D eigenvalue weighted by molar-refractivity contribution is -0.384. The predicted octanol–water partition coefficient (Wildman–Crippen LogP) is 2.70. The molecule has 1 amide bonds. The Morgan fingerprint density at radius 3 is 2.66 bits per heavy atom. The van der Waals surface area contributed by atoms with Crippen molar-refractivity contribution in [1.29, 1.82) is 0 Å². The summed E-state index contributed by atoms with van der Waals surface area (Å²) < 4.78 is 11.5. The molecule has 29 heavy (non-hydrogen) atoms. The molecule has 0 saturated heterocycles. The molecule has 3 rings (SSSR count). The molecule has 0 atom stereocenters. The zero-order chi connectivity index (χ0) is 21.0. The molecular formula is C19H20N4O5S. The minimum atomic E-state index is -0.491. The number of carbonyl (C=O) groups is 1. The number of non-ortho nitro benzene ring substituents is 1. The number of anilines is 1. The minimum Gasteiger partial charge on any atom is -0.483 e. The third-order valence-electron chi connectivity index (χ3n) is 4.07. The zero-order valence-electron chi connectivity index (χ0n) is 15.9. The molecule has 10 heteroatoms. The van der Waals surface area contributed by atoms with Crippen molar-refractivity contribution in [3.05, 3.63) is 58.1 Å². The lowest BCUT2D eigenvalue weighted by atomic mass is 10.0. The number of hydrogen-bond donors (Lipinski definition) is 3. The fourth-order valence-corrected chi connectivity index (χ4v) is 3.00. The largest absolute Gasteiger partial charge is 0.483 e. The van der Waals surface area contributed by atoms with Crippen LogP contribution in [0.1, 0.15) is 19.4 Å². The summed E-state index contributed by atoms with van der Waals surface area (Å²) >= 11 is 5.07. The van der Waals surface area contributed by atoms with Crippen LogP contribution < -0.4 is 25.6 Å². The van der Waals surface area contributed by atoms with Crippen LogP contribution in [0.25, 0.3) is 0 Å². The summed E-state index contributed by atoms with van der Waals surface area (Å²) in [5.74, 6) is 0.733. The van der Waals surface area contributed by atoms with E-state index >= 15 is 0 Å². The van der Waals surface area contributed by atoms with E-state index in [1.165, 1.54) is 24.3 Å². The number of benzene rings is 2. The summed E-state index contributed by atoms with van der Waals surface area (Å²) in [4.78, 5) is 22.2. The molecule has 0 aromatic heterocycles. The maximum atomic E-state index is 12.0. The van der Waals surface area contributed by atoms with Gasteiger partial charge in [-0.05, 0) is 44.3 Å². The molecule has 2 aromatic rings. The first-order chi connectivity index (χ1) is 13.7. The highest BCUT2D eigenvalue weighted by atomic mass is 32.1. The van der Waals surface area contributed by atoms with Gasteiger partial charge in [-0.25, -0.2) is 0 Å². The number of fused-ring (bicyclic) bond motifs is 1. The molecule has 2 aromatic carbocycles. The smallest absolute Gasteiger partial charge is 0.276 e. The highest BCUT2D eigenvalue weighted by Crippen LogP contribution is 2.41. The van der Waals surface area contributed by atoms with Gasteiger partial charge in [0.2, 0.25) is 0 Å². The molecule has 152 valence electrons. The fourth-order valence-electron chi connectivity index (χ4n) is 2.84. The van der Waals surface area contributed by atoms with Crippen LogP contribution in [0.15, 0.2) is 42.5 Å². The second-order valence-corrected chi connectivity index (χ2v) is 7.41. The van der Waals surface area contributed by atoms with Gasteiger partial charge in [0.15, 0.2) is 23.2 Å². The van der Waals surface area contributed by atoms with E-state index in [0.29, 0.717) is 17.2 Å².